The highest BCUT2D eigenvalue weighted by Gasteiger charge is 2.69. The Morgan fingerprint density at radius 3 is 2.45 bits per heavy atom. The number of thioether (sulfide) groups is 1. The molecule has 2 saturated carbocycles. The summed E-state index contributed by atoms with van der Waals surface area (Å²) in [7, 11) is 0. The smallest absolute Gasteiger partial charge is 0.338 e. The van der Waals surface area contributed by atoms with E-state index in [2.05, 4.69) is 10.3 Å². The summed E-state index contributed by atoms with van der Waals surface area (Å²) in [4.78, 5) is 70.5. The number of carbonyl (C=O) groups is 4. The number of fused-ring (bicyclic) bond motifs is 9. The second kappa shape index (κ2) is 12.3. The Balaban J connectivity index is 1.06. The number of nitrogens with one attached hydrogen (secondary N) is 2. The number of H-pyrrole nitrogens is 1. The number of amides is 3. The van der Waals surface area contributed by atoms with Crippen molar-refractivity contribution in [3.05, 3.63) is 104 Å². The number of hydrogen-bond donors (Lipinski definition) is 2. The van der Waals surface area contributed by atoms with Crippen LogP contribution in [-0.2, 0) is 19.1 Å². The van der Waals surface area contributed by atoms with E-state index in [1.54, 1.807) is 49.0 Å². The van der Waals surface area contributed by atoms with Crippen LogP contribution in [0, 0.1) is 35.4 Å². The number of thiazole rings is 1. The number of aromatic amines is 1. The quantitative estimate of drug-likeness (QED) is 0.183. The molecule has 2 aliphatic carbocycles. The number of anilines is 2. The van der Waals surface area contributed by atoms with E-state index < -0.39 is 29.5 Å². The first-order valence-corrected chi connectivity index (χ1v) is 17.7. The summed E-state index contributed by atoms with van der Waals surface area (Å²) in [6.45, 7) is 1.70. The molecule has 2 aliphatic heterocycles. The SMILES string of the molecule is CCOC(=O)c1ccc(N2C(=O)C3C(C2=O)[C@@H]2C[C@H]3C3Sc4[nH]c(=O)sc4[C@H](c4cccc(OCC(=O)Nc5ccc(F)cc5)c4)C32)cc1. The van der Waals surface area contributed by atoms with Gasteiger partial charge in [-0.2, -0.15) is 0 Å². The third kappa shape index (κ3) is 5.35. The summed E-state index contributed by atoms with van der Waals surface area (Å²) in [5, 5.41) is 3.48. The Bertz CT molecular complexity index is 2050. The number of benzene rings is 3. The molecule has 3 amide bonds. The fourth-order valence-electron chi connectivity index (χ4n) is 8.28. The average Bonchev–Trinajstić information content (AvgIpc) is 3.84. The van der Waals surface area contributed by atoms with Gasteiger partial charge >= 0.3 is 10.8 Å². The van der Waals surface area contributed by atoms with Gasteiger partial charge in [0.05, 0.1) is 34.7 Å². The molecule has 7 atom stereocenters. The Hall–Kier alpha value is -4.75. The topological polar surface area (TPSA) is 135 Å². The van der Waals surface area contributed by atoms with Crippen molar-refractivity contribution in [3.63, 3.8) is 0 Å². The van der Waals surface area contributed by atoms with Crippen molar-refractivity contribution in [1.82, 2.24) is 4.98 Å². The first-order chi connectivity index (χ1) is 23.7. The molecule has 0 spiro atoms. The Morgan fingerprint density at radius 1 is 0.980 bits per heavy atom. The molecule has 4 aliphatic rings. The molecule has 2 N–H and O–H groups in total. The van der Waals surface area contributed by atoms with Crippen LogP contribution in [0.1, 0.15) is 40.1 Å². The van der Waals surface area contributed by atoms with Crippen molar-refractivity contribution < 1.29 is 33.0 Å². The van der Waals surface area contributed by atoms with Crippen LogP contribution in [0.5, 0.6) is 5.75 Å². The molecule has 49 heavy (non-hydrogen) atoms. The van der Waals surface area contributed by atoms with Crippen LogP contribution in [0.2, 0.25) is 0 Å². The van der Waals surface area contributed by atoms with Gasteiger partial charge in [-0.25, -0.2) is 9.18 Å². The summed E-state index contributed by atoms with van der Waals surface area (Å²) < 4.78 is 24.2. The number of nitrogens with zero attached hydrogens (tertiary/aromatic N) is 1. The highest BCUT2D eigenvalue weighted by Crippen LogP contribution is 2.68. The number of aromatic nitrogens is 1. The number of rotatable bonds is 8. The number of ether oxygens (including phenoxy) is 2. The Labute approximate surface area is 288 Å². The van der Waals surface area contributed by atoms with Gasteiger partial charge in [0, 0.05) is 21.7 Å². The van der Waals surface area contributed by atoms with Gasteiger partial charge < -0.3 is 19.8 Å². The lowest BCUT2D eigenvalue weighted by atomic mass is 9.68. The second-order valence-electron chi connectivity index (χ2n) is 12.7. The van der Waals surface area contributed by atoms with Crippen molar-refractivity contribution in [2.45, 2.75) is 29.5 Å². The summed E-state index contributed by atoms with van der Waals surface area (Å²) in [5.74, 6) is -2.59. The molecule has 8 rings (SSSR count). The number of halogens is 1. The van der Waals surface area contributed by atoms with E-state index in [0.717, 1.165) is 33.2 Å². The van der Waals surface area contributed by atoms with Crippen molar-refractivity contribution in [2.24, 2.45) is 29.6 Å². The molecular formula is C36H30FN3O7S2. The molecule has 3 aromatic carbocycles. The minimum absolute atomic E-state index is 0.00273. The summed E-state index contributed by atoms with van der Waals surface area (Å²) >= 11 is 2.77. The molecule has 4 unspecified atom stereocenters. The number of carbonyl (C=O) groups excluding carboxylic acids is 4. The zero-order valence-corrected chi connectivity index (χ0v) is 27.7. The molecule has 10 nitrogen and oxygen atoms in total. The van der Waals surface area contributed by atoms with Gasteiger partial charge in [-0.3, -0.25) is 24.1 Å². The van der Waals surface area contributed by atoms with E-state index in [0.29, 0.717) is 22.7 Å². The minimum Gasteiger partial charge on any atom is -0.484 e. The van der Waals surface area contributed by atoms with Crippen LogP contribution in [0.4, 0.5) is 15.8 Å². The summed E-state index contributed by atoms with van der Waals surface area (Å²) in [5.41, 5.74) is 2.12. The van der Waals surface area contributed by atoms with E-state index in [-0.39, 0.29) is 58.8 Å². The minimum atomic E-state index is -0.488. The third-order valence-electron chi connectivity index (χ3n) is 10.1. The maximum absolute atomic E-state index is 14.1. The van der Waals surface area contributed by atoms with Gasteiger partial charge in [0.2, 0.25) is 11.8 Å². The highest BCUT2D eigenvalue weighted by molar-refractivity contribution is 8.00. The van der Waals surface area contributed by atoms with Crippen molar-refractivity contribution in [2.75, 3.05) is 23.4 Å². The lowest BCUT2D eigenvalue weighted by molar-refractivity contribution is -0.123. The number of hydrogen-bond acceptors (Lipinski definition) is 9. The fourth-order valence-corrected chi connectivity index (χ4v) is 11.2. The normalized spacial score (nSPS) is 26.2. The van der Waals surface area contributed by atoms with E-state index in [9.17, 15) is 28.4 Å². The summed E-state index contributed by atoms with van der Waals surface area (Å²) in [6.07, 6.45) is 0.736. The molecule has 4 aromatic rings. The van der Waals surface area contributed by atoms with Crippen molar-refractivity contribution in [3.8, 4) is 5.75 Å². The Morgan fingerprint density at radius 2 is 1.71 bits per heavy atom. The largest absolute Gasteiger partial charge is 0.484 e. The second-order valence-corrected chi connectivity index (χ2v) is 14.9. The highest BCUT2D eigenvalue weighted by atomic mass is 32.2. The maximum atomic E-state index is 14.1. The van der Waals surface area contributed by atoms with Gasteiger partial charge in [-0.1, -0.05) is 23.5 Å². The Kier molecular flexibility index (Phi) is 7.91. The number of imide groups is 1. The average molecular weight is 700 g/mol. The zero-order chi connectivity index (χ0) is 34.0. The lowest BCUT2D eigenvalue weighted by Gasteiger charge is -2.43. The molecule has 0 radical (unpaired) electrons. The van der Waals surface area contributed by atoms with Crippen molar-refractivity contribution in [1.29, 1.82) is 0 Å². The predicted octanol–water partition coefficient (Wildman–Crippen LogP) is 5.45. The van der Waals surface area contributed by atoms with Crippen molar-refractivity contribution >= 4 is 58.2 Å². The first kappa shape index (κ1) is 31.5. The zero-order valence-electron chi connectivity index (χ0n) is 26.1. The summed E-state index contributed by atoms with van der Waals surface area (Å²) in [6, 6.07) is 19.3. The van der Waals surface area contributed by atoms with Crippen LogP contribution >= 0.6 is 23.1 Å². The van der Waals surface area contributed by atoms with Gasteiger partial charge in [0.1, 0.15) is 11.6 Å². The van der Waals surface area contributed by atoms with Crippen LogP contribution in [0.15, 0.2) is 82.6 Å². The van der Waals surface area contributed by atoms with Gasteiger partial charge in [0.15, 0.2) is 6.61 Å². The lowest BCUT2D eigenvalue weighted by Crippen LogP contribution is -2.42. The van der Waals surface area contributed by atoms with Crippen LogP contribution in [0.25, 0.3) is 0 Å². The molecular weight excluding hydrogens is 670 g/mol. The monoisotopic (exact) mass is 699 g/mol. The van der Waals surface area contributed by atoms with Crippen LogP contribution in [0.3, 0.4) is 0 Å². The molecule has 1 saturated heterocycles. The van der Waals surface area contributed by atoms with Crippen LogP contribution in [-0.4, -0.2) is 47.1 Å². The third-order valence-corrected chi connectivity index (χ3v) is 12.7. The number of esters is 1. The standard InChI is InChI=1S/C36H30FN3O7S2/c1-2-46-35(44)17-6-12-21(13-7-17)40-33(42)28-23-15-24(29(28)34(40)43)30-27(23)26(31-32(48-30)39-36(45)49-31)18-4-3-5-22(14-18)47-16-25(41)38-20-10-8-19(37)9-11-20/h3-14,23-24,26-30H,2,15-16H2,1H3,(H,38,41)(H,39,45)/t23-,24-,26-,27?,28?,29?,30?/m1/s1. The van der Waals surface area contributed by atoms with E-state index in [1.807, 2.05) is 18.2 Å². The predicted molar refractivity (Wildman–Crippen MR) is 180 cm³/mol. The maximum Gasteiger partial charge on any atom is 0.338 e. The molecule has 3 heterocycles. The molecule has 3 fully saturated rings. The molecule has 250 valence electrons. The first-order valence-electron chi connectivity index (χ1n) is 16.0. The van der Waals surface area contributed by atoms with E-state index in [1.165, 1.54) is 29.2 Å². The van der Waals surface area contributed by atoms with E-state index in [4.69, 9.17) is 9.47 Å². The van der Waals surface area contributed by atoms with E-state index >= 15 is 0 Å². The van der Waals surface area contributed by atoms with Crippen LogP contribution < -0.4 is 19.8 Å². The molecule has 1 aromatic heterocycles. The molecule has 13 heteroatoms. The fraction of sp³-hybridized carbons (Fsp3) is 0.306. The molecule has 2 bridgehead atoms. The van der Waals surface area contributed by atoms with Gasteiger partial charge in [-0.15, -0.1) is 11.8 Å². The van der Waals surface area contributed by atoms with Gasteiger partial charge in [0.25, 0.3) is 5.91 Å². The van der Waals surface area contributed by atoms with Gasteiger partial charge in [-0.05, 0) is 97.3 Å².